The van der Waals surface area contributed by atoms with Crippen molar-refractivity contribution in [3.63, 3.8) is 0 Å². The van der Waals surface area contributed by atoms with Crippen molar-refractivity contribution in [2.24, 2.45) is 0 Å². The molecule has 2 rings (SSSR count). The predicted molar refractivity (Wildman–Crippen MR) is 79.5 cm³/mol. The summed E-state index contributed by atoms with van der Waals surface area (Å²) < 4.78 is 43.9. The fraction of sp³-hybridized carbons (Fsp3) is 0.357. The van der Waals surface area contributed by atoms with E-state index in [-0.39, 0.29) is 5.57 Å². The molecule has 1 aromatic rings. The van der Waals surface area contributed by atoms with E-state index in [2.05, 4.69) is 4.74 Å². The van der Waals surface area contributed by atoms with Gasteiger partial charge in [-0.1, -0.05) is 18.2 Å². The van der Waals surface area contributed by atoms with Gasteiger partial charge in [0.05, 0.1) is 12.7 Å². The summed E-state index contributed by atoms with van der Waals surface area (Å²) in [5.41, 5.74) is 0.462. The molecule has 1 heterocycles. The number of thioether (sulfide) groups is 2. The number of benzene rings is 1. The third kappa shape index (κ3) is 3.97. The van der Waals surface area contributed by atoms with Crippen LogP contribution in [0.25, 0.3) is 5.57 Å². The smallest absolute Gasteiger partial charge is 0.403 e. The van der Waals surface area contributed by atoms with Gasteiger partial charge in [0, 0.05) is 22.0 Å². The second-order valence-electron chi connectivity index (χ2n) is 4.25. The molecule has 1 aliphatic rings. The van der Waals surface area contributed by atoms with E-state index in [9.17, 15) is 18.0 Å². The van der Waals surface area contributed by atoms with Crippen LogP contribution in [-0.2, 0) is 9.53 Å². The average molecular weight is 334 g/mol. The van der Waals surface area contributed by atoms with Gasteiger partial charge >= 0.3 is 12.1 Å². The molecule has 2 nitrogen and oxygen atoms in total. The lowest BCUT2D eigenvalue weighted by atomic mass is 10.0. The van der Waals surface area contributed by atoms with E-state index in [1.165, 1.54) is 18.9 Å². The number of rotatable bonds is 1. The Bertz CT molecular complexity index is 555. The maximum atomic E-state index is 13.1. The molecule has 0 aliphatic carbocycles. The van der Waals surface area contributed by atoms with Crippen LogP contribution in [-0.4, -0.2) is 36.0 Å². The third-order valence-electron chi connectivity index (χ3n) is 2.86. The van der Waals surface area contributed by atoms with Crippen LogP contribution in [0.5, 0.6) is 0 Å². The van der Waals surface area contributed by atoms with Crippen LogP contribution in [0.3, 0.4) is 0 Å². The van der Waals surface area contributed by atoms with Crippen LogP contribution in [0.15, 0.2) is 35.2 Å². The highest BCUT2D eigenvalue weighted by atomic mass is 32.2. The molecule has 7 heteroatoms. The predicted octanol–water partition coefficient (Wildman–Crippen LogP) is 4.01. The van der Waals surface area contributed by atoms with Crippen LogP contribution in [0, 0.1) is 0 Å². The highest BCUT2D eigenvalue weighted by molar-refractivity contribution is 8.03. The summed E-state index contributed by atoms with van der Waals surface area (Å²) in [6.45, 7) is 0. The summed E-state index contributed by atoms with van der Waals surface area (Å²) in [5, 5.41) is -1.71. The van der Waals surface area contributed by atoms with E-state index in [1.54, 1.807) is 24.3 Å². The Hall–Kier alpha value is -1.08. The monoisotopic (exact) mass is 334 g/mol. The molecule has 0 fully saturated rings. The minimum Gasteiger partial charge on any atom is -0.465 e. The second kappa shape index (κ2) is 6.79. The molecule has 114 valence electrons. The van der Waals surface area contributed by atoms with Crippen molar-refractivity contribution in [2.75, 3.05) is 18.6 Å². The lowest BCUT2D eigenvalue weighted by Crippen LogP contribution is -2.25. The Balaban J connectivity index is 2.55. The quantitative estimate of drug-likeness (QED) is 0.725. The van der Waals surface area contributed by atoms with Gasteiger partial charge in [0.2, 0.25) is 0 Å². The molecule has 0 spiro atoms. The number of methoxy groups -OCH3 is 1. The number of carbonyl (C=O) groups excluding carboxylic acids is 1. The van der Waals surface area contributed by atoms with Crippen LogP contribution < -0.4 is 0 Å². The van der Waals surface area contributed by atoms with Gasteiger partial charge in [0.15, 0.2) is 0 Å². The zero-order valence-electron chi connectivity index (χ0n) is 11.1. The van der Waals surface area contributed by atoms with E-state index < -0.39 is 17.4 Å². The van der Waals surface area contributed by atoms with Gasteiger partial charge in [-0.3, -0.25) is 0 Å². The molecule has 0 saturated heterocycles. The topological polar surface area (TPSA) is 26.3 Å². The molecular weight excluding hydrogens is 321 g/mol. The van der Waals surface area contributed by atoms with Gasteiger partial charge in [-0.2, -0.15) is 13.2 Å². The van der Waals surface area contributed by atoms with Crippen molar-refractivity contribution >= 4 is 35.1 Å². The van der Waals surface area contributed by atoms with Gasteiger partial charge in [0.1, 0.15) is 5.25 Å². The van der Waals surface area contributed by atoms with Gasteiger partial charge < -0.3 is 4.74 Å². The fourth-order valence-electron chi connectivity index (χ4n) is 1.91. The second-order valence-corrected chi connectivity index (χ2v) is 6.64. The summed E-state index contributed by atoms with van der Waals surface area (Å²) in [6.07, 6.45) is -3.42. The molecule has 0 bridgehead atoms. The summed E-state index contributed by atoms with van der Waals surface area (Å²) in [4.78, 5) is 12.7. The molecule has 1 atom stereocenters. The summed E-state index contributed by atoms with van der Waals surface area (Å²) in [5.74, 6) is 0.157. The maximum absolute atomic E-state index is 13.1. The Kier molecular flexibility index (Phi) is 5.27. The number of fused-ring (bicyclic) bond motifs is 1. The zero-order chi connectivity index (χ0) is 15.5. The number of carbonyl (C=O) groups is 1. The Labute approximate surface area is 129 Å². The molecule has 0 amide bonds. The number of ether oxygens (including phenoxy) is 1. The zero-order valence-corrected chi connectivity index (χ0v) is 12.8. The first kappa shape index (κ1) is 16.3. The Morgan fingerprint density at radius 1 is 1.29 bits per heavy atom. The van der Waals surface area contributed by atoms with Crippen molar-refractivity contribution < 1.29 is 22.7 Å². The van der Waals surface area contributed by atoms with Crippen LogP contribution >= 0.6 is 23.5 Å². The largest absolute Gasteiger partial charge is 0.465 e. The van der Waals surface area contributed by atoms with E-state index >= 15 is 0 Å². The number of esters is 1. The standard InChI is InChI=1S/C14H13F3O2S2/c1-19-13(18)10-8-12(14(15,16)17)21-7-6-20-11-5-3-2-4-9(10)11/h2-5,8,12H,6-7H2,1H3. The normalized spacial score (nSPS) is 19.6. The first-order chi connectivity index (χ1) is 9.93. The van der Waals surface area contributed by atoms with E-state index in [0.717, 1.165) is 22.7 Å². The molecule has 1 aromatic carbocycles. The first-order valence-corrected chi connectivity index (χ1v) is 8.17. The third-order valence-corrected chi connectivity index (χ3v) is 5.40. The van der Waals surface area contributed by atoms with Gasteiger partial charge in [-0.05, 0) is 12.1 Å². The lowest BCUT2D eigenvalue weighted by Gasteiger charge is -2.17. The van der Waals surface area contributed by atoms with Crippen LogP contribution in [0.4, 0.5) is 13.2 Å². The van der Waals surface area contributed by atoms with Crippen molar-refractivity contribution in [3.05, 3.63) is 35.9 Å². The summed E-state index contributed by atoms with van der Waals surface area (Å²) in [7, 11) is 1.17. The first-order valence-electron chi connectivity index (χ1n) is 6.14. The Morgan fingerprint density at radius 2 is 2.00 bits per heavy atom. The number of hydrogen-bond donors (Lipinski definition) is 0. The minimum absolute atomic E-state index is 0.0303. The van der Waals surface area contributed by atoms with Crippen LogP contribution in [0.2, 0.25) is 0 Å². The molecular formula is C14H13F3O2S2. The number of alkyl halides is 3. The SMILES string of the molecule is COC(=O)C1=CC(C(F)(F)F)SCCSc2ccccc21. The lowest BCUT2D eigenvalue weighted by molar-refractivity contribution is -0.133. The molecule has 0 saturated carbocycles. The number of halogens is 3. The number of hydrogen-bond acceptors (Lipinski definition) is 4. The average Bonchev–Trinajstić information content (AvgIpc) is 2.54. The maximum Gasteiger partial charge on any atom is 0.403 e. The fourth-order valence-corrected chi connectivity index (χ4v) is 4.03. The molecule has 0 aromatic heterocycles. The highest BCUT2D eigenvalue weighted by Gasteiger charge is 2.39. The molecule has 0 radical (unpaired) electrons. The van der Waals surface area contributed by atoms with Crippen molar-refractivity contribution in [3.8, 4) is 0 Å². The minimum atomic E-state index is -4.39. The van der Waals surface area contributed by atoms with Crippen molar-refractivity contribution in [1.29, 1.82) is 0 Å². The van der Waals surface area contributed by atoms with Crippen molar-refractivity contribution in [1.82, 2.24) is 0 Å². The summed E-state index contributed by atoms with van der Waals surface area (Å²) >= 11 is 2.23. The molecule has 1 aliphatic heterocycles. The summed E-state index contributed by atoms with van der Waals surface area (Å²) in [6, 6.07) is 6.95. The Morgan fingerprint density at radius 3 is 2.67 bits per heavy atom. The van der Waals surface area contributed by atoms with E-state index in [1.807, 2.05) is 0 Å². The molecule has 1 unspecified atom stereocenters. The van der Waals surface area contributed by atoms with E-state index in [0.29, 0.717) is 17.1 Å². The highest BCUT2D eigenvalue weighted by Crippen LogP contribution is 2.38. The van der Waals surface area contributed by atoms with Gasteiger partial charge in [-0.15, -0.1) is 23.5 Å². The van der Waals surface area contributed by atoms with Gasteiger partial charge in [0.25, 0.3) is 0 Å². The van der Waals surface area contributed by atoms with Gasteiger partial charge in [-0.25, -0.2) is 4.79 Å². The van der Waals surface area contributed by atoms with Crippen LogP contribution in [0.1, 0.15) is 5.56 Å². The van der Waals surface area contributed by atoms with Crippen molar-refractivity contribution in [2.45, 2.75) is 16.3 Å². The van der Waals surface area contributed by atoms with E-state index in [4.69, 9.17) is 0 Å². The molecule has 0 N–H and O–H groups in total. The molecule has 21 heavy (non-hydrogen) atoms.